The first-order chi connectivity index (χ1) is 9.13. The molecule has 0 aromatic heterocycles. The number of thioether (sulfide) groups is 1. The number of carbonyl (C=O) groups excluding carboxylic acids is 1. The van der Waals surface area contributed by atoms with Gasteiger partial charge in [0.25, 0.3) is 0 Å². The van der Waals surface area contributed by atoms with Gasteiger partial charge in [-0.1, -0.05) is 18.2 Å². The topological polar surface area (TPSA) is 57.5 Å². The molecule has 98 valence electrons. The summed E-state index contributed by atoms with van der Waals surface area (Å²) in [5.41, 5.74) is 1.20. The van der Waals surface area contributed by atoms with Gasteiger partial charge >= 0.3 is 0 Å². The second kappa shape index (κ2) is 5.80. The fourth-order valence-corrected chi connectivity index (χ4v) is 2.75. The Morgan fingerprint density at radius 1 is 1.21 bits per heavy atom. The van der Waals surface area contributed by atoms with Crippen molar-refractivity contribution < 1.29 is 15.0 Å². The van der Waals surface area contributed by atoms with Crippen molar-refractivity contribution in [1.29, 1.82) is 0 Å². The van der Waals surface area contributed by atoms with Crippen LogP contribution in [0.5, 0.6) is 11.5 Å². The number of rotatable bonds is 4. The molecule has 0 heterocycles. The first kappa shape index (κ1) is 13.5. The Hall–Kier alpha value is -1.94. The van der Waals surface area contributed by atoms with E-state index in [0.29, 0.717) is 23.2 Å². The highest BCUT2D eigenvalue weighted by molar-refractivity contribution is 7.98. The van der Waals surface area contributed by atoms with Gasteiger partial charge in [0.2, 0.25) is 0 Å². The normalized spacial score (nSPS) is 10.4. The zero-order valence-electron chi connectivity index (χ0n) is 10.5. The van der Waals surface area contributed by atoms with Crippen LogP contribution in [-0.2, 0) is 5.75 Å². The van der Waals surface area contributed by atoms with Crippen LogP contribution >= 0.6 is 11.8 Å². The van der Waals surface area contributed by atoms with Crippen LogP contribution < -0.4 is 0 Å². The fraction of sp³-hybridized carbons (Fsp3) is 0.133. The van der Waals surface area contributed by atoms with E-state index in [0.717, 1.165) is 4.90 Å². The molecule has 0 fully saturated rings. The number of aromatic hydroxyl groups is 2. The molecule has 0 radical (unpaired) electrons. The van der Waals surface area contributed by atoms with Crippen molar-refractivity contribution >= 4 is 18.0 Å². The highest BCUT2D eigenvalue weighted by atomic mass is 32.2. The molecule has 0 aliphatic heterocycles. The SMILES string of the molecule is Cc1cc(O)c(CSc2ccccc2)c(O)c1C=O. The molecular weight excluding hydrogens is 260 g/mol. The van der Waals surface area contributed by atoms with Crippen LogP contribution in [0.4, 0.5) is 0 Å². The van der Waals surface area contributed by atoms with Crippen molar-refractivity contribution in [3.8, 4) is 11.5 Å². The second-order valence-electron chi connectivity index (χ2n) is 4.17. The second-order valence-corrected chi connectivity index (χ2v) is 5.22. The average Bonchev–Trinajstić information content (AvgIpc) is 2.39. The van der Waals surface area contributed by atoms with Crippen molar-refractivity contribution in [2.75, 3.05) is 0 Å². The lowest BCUT2D eigenvalue weighted by Crippen LogP contribution is -1.93. The van der Waals surface area contributed by atoms with Crippen molar-refractivity contribution in [2.24, 2.45) is 0 Å². The third-order valence-electron chi connectivity index (χ3n) is 2.87. The number of carbonyl (C=O) groups is 1. The molecule has 2 rings (SSSR count). The lowest BCUT2D eigenvalue weighted by Gasteiger charge is -2.11. The van der Waals surface area contributed by atoms with Crippen molar-refractivity contribution in [3.63, 3.8) is 0 Å². The van der Waals surface area contributed by atoms with Gasteiger partial charge in [-0.15, -0.1) is 11.8 Å². The van der Waals surface area contributed by atoms with E-state index < -0.39 is 0 Å². The highest BCUT2D eigenvalue weighted by Crippen LogP contribution is 2.36. The maximum atomic E-state index is 10.9. The summed E-state index contributed by atoms with van der Waals surface area (Å²) in [7, 11) is 0. The van der Waals surface area contributed by atoms with Crippen LogP contribution in [0.3, 0.4) is 0 Å². The van der Waals surface area contributed by atoms with Gasteiger partial charge in [-0.25, -0.2) is 0 Å². The summed E-state index contributed by atoms with van der Waals surface area (Å²) >= 11 is 1.49. The number of phenolic OH excluding ortho intramolecular Hbond substituents is 2. The predicted molar refractivity (Wildman–Crippen MR) is 75.9 cm³/mol. The lowest BCUT2D eigenvalue weighted by molar-refractivity contribution is 0.112. The molecular formula is C15H14O3S. The smallest absolute Gasteiger partial charge is 0.154 e. The van der Waals surface area contributed by atoms with Crippen LogP contribution in [0, 0.1) is 6.92 Å². The van der Waals surface area contributed by atoms with E-state index in [1.54, 1.807) is 6.92 Å². The molecule has 19 heavy (non-hydrogen) atoms. The summed E-state index contributed by atoms with van der Waals surface area (Å²) in [6, 6.07) is 11.2. The third-order valence-corrected chi connectivity index (χ3v) is 3.91. The average molecular weight is 274 g/mol. The zero-order chi connectivity index (χ0) is 13.8. The molecule has 0 saturated heterocycles. The number of hydrogen-bond acceptors (Lipinski definition) is 4. The number of aldehydes is 1. The summed E-state index contributed by atoms with van der Waals surface area (Å²) in [6.07, 6.45) is 0.612. The Bertz CT molecular complexity index is 594. The summed E-state index contributed by atoms with van der Waals surface area (Å²) in [5, 5.41) is 19.9. The molecule has 0 spiro atoms. The number of aryl methyl sites for hydroxylation is 1. The maximum absolute atomic E-state index is 10.9. The third kappa shape index (κ3) is 2.90. The minimum Gasteiger partial charge on any atom is -0.507 e. The minimum absolute atomic E-state index is 0.0176. The Morgan fingerprint density at radius 2 is 1.89 bits per heavy atom. The van der Waals surface area contributed by atoms with E-state index in [2.05, 4.69) is 0 Å². The Labute approximate surface area is 115 Å². The number of benzene rings is 2. The molecule has 2 N–H and O–H groups in total. The van der Waals surface area contributed by atoms with Crippen LogP contribution in [0.1, 0.15) is 21.5 Å². The van der Waals surface area contributed by atoms with Gasteiger partial charge in [-0.3, -0.25) is 4.79 Å². The summed E-state index contributed by atoms with van der Waals surface area (Å²) < 4.78 is 0. The van der Waals surface area contributed by atoms with Gasteiger partial charge in [0.1, 0.15) is 11.5 Å². The molecule has 2 aromatic rings. The molecule has 0 aliphatic rings. The monoisotopic (exact) mass is 274 g/mol. The number of hydrogen-bond donors (Lipinski definition) is 2. The van der Waals surface area contributed by atoms with Gasteiger partial charge in [0.15, 0.2) is 6.29 Å². The van der Waals surface area contributed by atoms with Crippen molar-refractivity contribution in [3.05, 3.63) is 53.1 Å². The highest BCUT2D eigenvalue weighted by Gasteiger charge is 2.15. The molecule has 0 atom stereocenters. The summed E-state index contributed by atoms with van der Waals surface area (Å²) in [5.74, 6) is 0.294. The van der Waals surface area contributed by atoms with Gasteiger partial charge in [-0.05, 0) is 30.7 Å². The van der Waals surface area contributed by atoms with Crippen LogP contribution in [0.15, 0.2) is 41.3 Å². The first-order valence-electron chi connectivity index (χ1n) is 5.81. The van der Waals surface area contributed by atoms with E-state index in [-0.39, 0.29) is 17.1 Å². The van der Waals surface area contributed by atoms with Gasteiger partial charge in [0, 0.05) is 16.2 Å². The van der Waals surface area contributed by atoms with Crippen LogP contribution in [0.25, 0.3) is 0 Å². The summed E-state index contributed by atoms with van der Waals surface area (Å²) in [4.78, 5) is 12.0. The first-order valence-corrected chi connectivity index (χ1v) is 6.79. The Balaban J connectivity index is 2.28. The molecule has 2 aromatic carbocycles. The van der Waals surface area contributed by atoms with Gasteiger partial charge < -0.3 is 10.2 Å². The fourth-order valence-electron chi connectivity index (χ4n) is 1.80. The van der Waals surface area contributed by atoms with E-state index in [1.807, 2.05) is 30.3 Å². The van der Waals surface area contributed by atoms with E-state index in [4.69, 9.17) is 0 Å². The predicted octanol–water partition coefficient (Wildman–Crippen LogP) is 3.51. The molecule has 3 nitrogen and oxygen atoms in total. The van der Waals surface area contributed by atoms with Crippen molar-refractivity contribution in [1.82, 2.24) is 0 Å². The Morgan fingerprint density at radius 3 is 2.53 bits per heavy atom. The molecule has 4 heteroatoms. The standard InChI is InChI=1S/C15H14O3S/c1-10-7-14(17)13(15(18)12(10)8-16)9-19-11-5-3-2-4-6-11/h2-8,17-18H,9H2,1H3. The molecule has 0 aliphatic carbocycles. The van der Waals surface area contributed by atoms with Crippen LogP contribution in [0.2, 0.25) is 0 Å². The molecule has 0 amide bonds. The van der Waals surface area contributed by atoms with E-state index in [1.165, 1.54) is 17.8 Å². The number of phenols is 2. The Kier molecular flexibility index (Phi) is 4.12. The van der Waals surface area contributed by atoms with Gasteiger partial charge in [0.05, 0.1) is 5.56 Å². The van der Waals surface area contributed by atoms with Gasteiger partial charge in [-0.2, -0.15) is 0 Å². The van der Waals surface area contributed by atoms with Crippen molar-refractivity contribution in [2.45, 2.75) is 17.6 Å². The quantitative estimate of drug-likeness (QED) is 0.661. The zero-order valence-corrected chi connectivity index (χ0v) is 11.3. The molecule has 0 saturated carbocycles. The molecule has 0 unspecified atom stereocenters. The molecule has 0 bridgehead atoms. The summed E-state index contributed by atoms with van der Waals surface area (Å²) in [6.45, 7) is 1.68. The van der Waals surface area contributed by atoms with E-state index in [9.17, 15) is 15.0 Å². The lowest BCUT2D eigenvalue weighted by atomic mass is 10.0. The maximum Gasteiger partial charge on any atom is 0.154 e. The largest absolute Gasteiger partial charge is 0.507 e. The van der Waals surface area contributed by atoms with Crippen LogP contribution in [-0.4, -0.2) is 16.5 Å². The minimum atomic E-state index is -0.129. The van der Waals surface area contributed by atoms with E-state index >= 15 is 0 Å².